The van der Waals surface area contributed by atoms with Crippen molar-refractivity contribution in [1.82, 2.24) is 4.98 Å². The standard InChI is InChI=1S/C25H19N3O3S/c1-15(16-7-10-18(30-2)11-8-16)27-28-25-26-14-23(32-25)21-13-20-19-6-4-3-5-17(19)9-12-22(20)31-24(21)29/h3-14H,1-2H3,(H,26,28)/b27-15-. The highest BCUT2D eigenvalue weighted by atomic mass is 32.1. The van der Waals surface area contributed by atoms with Crippen LogP contribution in [-0.2, 0) is 0 Å². The van der Waals surface area contributed by atoms with Crippen LogP contribution in [0.5, 0.6) is 5.75 Å². The number of aromatic nitrogens is 1. The highest BCUT2D eigenvalue weighted by molar-refractivity contribution is 7.18. The van der Waals surface area contributed by atoms with Gasteiger partial charge in [0.2, 0.25) is 5.13 Å². The smallest absolute Gasteiger partial charge is 0.345 e. The van der Waals surface area contributed by atoms with Gasteiger partial charge >= 0.3 is 5.63 Å². The molecule has 0 aliphatic rings. The van der Waals surface area contributed by atoms with E-state index >= 15 is 0 Å². The maximum absolute atomic E-state index is 12.6. The maximum atomic E-state index is 12.6. The van der Waals surface area contributed by atoms with E-state index in [-0.39, 0.29) is 5.63 Å². The van der Waals surface area contributed by atoms with Crippen molar-refractivity contribution in [3.05, 3.63) is 88.9 Å². The van der Waals surface area contributed by atoms with E-state index in [0.717, 1.165) is 33.2 Å². The van der Waals surface area contributed by atoms with Gasteiger partial charge in [-0.05, 0) is 59.7 Å². The van der Waals surface area contributed by atoms with E-state index in [1.165, 1.54) is 11.3 Å². The molecule has 0 amide bonds. The van der Waals surface area contributed by atoms with Crippen molar-refractivity contribution in [2.75, 3.05) is 12.5 Å². The molecule has 0 fully saturated rings. The second-order valence-electron chi connectivity index (χ2n) is 7.21. The maximum Gasteiger partial charge on any atom is 0.345 e. The molecular formula is C25H19N3O3S. The number of methoxy groups -OCH3 is 1. The molecule has 0 aliphatic heterocycles. The molecule has 0 unspecified atom stereocenters. The summed E-state index contributed by atoms with van der Waals surface area (Å²) in [4.78, 5) is 17.7. The molecule has 0 atom stereocenters. The fourth-order valence-corrected chi connectivity index (χ4v) is 4.28. The number of benzene rings is 3. The third kappa shape index (κ3) is 3.74. The minimum absolute atomic E-state index is 0.388. The number of hydrogen-bond donors (Lipinski definition) is 1. The summed E-state index contributed by atoms with van der Waals surface area (Å²) < 4.78 is 10.8. The van der Waals surface area contributed by atoms with E-state index in [1.54, 1.807) is 13.3 Å². The summed E-state index contributed by atoms with van der Waals surface area (Å²) >= 11 is 1.35. The van der Waals surface area contributed by atoms with Gasteiger partial charge in [-0.25, -0.2) is 9.78 Å². The zero-order valence-electron chi connectivity index (χ0n) is 17.5. The van der Waals surface area contributed by atoms with E-state index in [4.69, 9.17) is 9.15 Å². The second-order valence-corrected chi connectivity index (χ2v) is 8.24. The number of hydrazone groups is 1. The van der Waals surface area contributed by atoms with Crippen molar-refractivity contribution in [1.29, 1.82) is 0 Å². The zero-order chi connectivity index (χ0) is 22.1. The van der Waals surface area contributed by atoms with Gasteiger partial charge in [-0.1, -0.05) is 41.7 Å². The van der Waals surface area contributed by atoms with Crippen LogP contribution in [0, 0.1) is 0 Å². The number of rotatable bonds is 5. The van der Waals surface area contributed by atoms with Crippen LogP contribution in [-0.4, -0.2) is 17.8 Å². The predicted octanol–water partition coefficient (Wildman–Crippen LogP) is 5.91. The normalized spacial score (nSPS) is 11.8. The Morgan fingerprint density at radius 2 is 1.88 bits per heavy atom. The minimum atomic E-state index is -0.388. The van der Waals surface area contributed by atoms with Gasteiger partial charge < -0.3 is 9.15 Å². The lowest BCUT2D eigenvalue weighted by Gasteiger charge is -2.04. The third-order valence-corrected chi connectivity index (χ3v) is 6.18. The van der Waals surface area contributed by atoms with Crippen LogP contribution in [0.1, 0.15) is 12.5 Å². The van der Waals surface area contributed by atoms with E-state index < -0.39 is 0 Å². The first kappa shape index (κ1) is 20.0. The molecule has 0 saturated carbocycles. The van der Waals surface area contributed by atoms with Gasteiger partial charge in [-0.3, -0.25) is 5.43 Å². The Bertz CT molecular complexity index is 1520. The molecule has 0 saturated heterocycles. The van der Waals surface area contributed by atoms with Gasteiger partial charge in [0.25, 0.3) is 0 Å². The fourth-order valence-electron chi connectivity index (χ4n) is 3.52. The highest BCUT2D eigenvalue weighted by Gasteiger charge is 2.13. The molecule has 0 spiro atoms. The van der Waals surface area contributed by atoms with Gasteiger partial charge in [-0.2, -0.15) is 5.10 Å². The molecule has 32 heavy (non-hydrogen) atoms. The number of thiazole rings is 1. The molecule has 2 heterocycles. The van der Waals surface area contributed by atoms with E-state index in [9.17, 15) is 4.79 Å². The molecule has 2 aromatic heterocycles. The van der Waals surface area contributed by atoms with Crippen molar-refractivity contribution in [3.8, 4) is 16.2 Å². The van der Waals surface area contributed by atoms with Gasteiger partial charge in [0.05, 0.1) is 23.3 Å². The average molecular weight is 442 g/mol. The molecule has 0 aliphatic carbocycles. The lowest BCUT2D eigenvalue weighted by Crippen LogP contribution is -2.01. The minimum Gasteiger partial charge on any atom is -0.497 e. The first-order chi connectivity index (χ1) is 15.6. The summed E-state index contributed by atoms with van der Waals surface area (Å²) in [5.41, 5.74) is 5.42. The summed E-state index contributed by atoms with van der Waals surface area (Å²) in [5.74, 6) is 0.793. The zero-order valence-corrected chi connectivity index (χ0v) is 18.3. The van der Waals surface area contributed by atoms with Crippen molar-refractivity contribution >= 4 is 43.9 Å². The predicted molar refractivity (Wildman–Crippen MR) is 130 cm³/mol. The van der Waals surface area contributed by atoms with Gasteiger partial charge in [0.15, 0.2) is 0 Å². The van der Waals surface area contributed by atoms with Crippen LogP contribution in [0.15, 0.2) is 87.2 Å². The summed E-state index contributed by atoms with van der Waals surface area (Å²) in [6, 6.07) is 21.4. The Morgan fingerprint density at radius 3 is 2.69 bits per heavy atom. The highest BCUT2D eigenvalue weighted by Crippen LogP contribution is 2.31. The molecule has 0 radical (unpaired) electrons. The van der Waals surface area contributed by atoms with Crippen molar-refractivity contribution in [2.45, 2.75) is 6.92 Å². The largest absolute Gasteiger partial charge is 0.497 e. The van der Waals surface area contributed by atoms with Crippen molar-refractivity contribution < 1.29 is 9.15 Å². The molecule has 3 aromatic carbocycles. The van der Waals surface area contributed by atoms with Gasteiger partial charge in [0, 0.05) is 11.6 Å². The van der Waals surface area contributed by atoms with Crippen LogP contribution in [0.25, 0.3) is 32.2 Å². The van der Waals surface area contributed by atoms with Crippen LogP contribution < -0.4 is 15.8 Å². The molecule has 5 rings (SSSR count). The lowest BCUT2D eigenvalue weighted by atomic mass is 10.0. The average Bonchev–Trinajstić information content (AvgIpc) is 3.30. The number of hydrogen-bond acceptors (Lipinski definition) is 7. The fraction of sp³-hybridized carbons (Fsp3) is 0.0800. The Labute approximate surface area is 187 Å². The molecule has 0 bridgehead atoms. The van der Waals surface area contributed by atoms with Gasteiger partial charge in [0.1, 0.15) is 11.3 Å². The van der Waals surface area contributed by atoms with E-state index in [2.05, 4.69) is 15.5 Å². The van der Waals surface area contributed by atoms with Crippen LogP contribution in [0.2, 0.25) is 0 Å². The summed E-state index contributed by atoms with van der Waals surface area (Å²) in [5, 5.41) is 8.03. The van der Waals surface area contributed by atoms with Crippen LogP contribution in [0.4, 0.5) is 5.13 Å². The van der Waals surface area contributed by atoms with Crippen molar-refractivity contribution in [2.24, 2.45) is 5.10 Å². The quantitative estimate of drug-likeness (QED) is 0.159. The molecule has 5 aromatic rings. The Hall–Kier alpha value is -3.97. The Morgan fingerprint density at radius 1 is 1.06 bits per heavy atom. The first-order valence-electron chi connectivity index (χ1n) is 9.99. The molecular weight excluding hydrogens is 422 g/mol. The lowest BCUT2D eigenvalue weighted by molar-refractivity contribution is 0.415. The molecule has 1 N–H and O–H groups in total. The first-order valence-corrected chi connectivity index (χ1v) is 10.8. The summed E-state index contributed by atoms with van der Waals surface area (Å²) in [6.07, 6.45) is 1.66. The number of nitrogens with one attached hydrogen (secondary N) is 1. The summed E-state index contributed by atoms with van der Waals surface area (Å²) in [7, 11) is 1.64. The number of ether oxygens (including phenoxy) is 1. The second kappa shape index (κ2) is 8.28. The van der Waals surface area contributed by atoms with E-state index in [1.807, 2.05) is 73.7 Å². The number of anilines is 1. The SMILES string of the molecule is COc1ccc(/C(C)=N\Nc2ncc(-c3cc4c(ccc5ccccc54)oc3=O)s2)cc1. The van der Waals surface area contributed by atoms with E-state index in [0.29, 0.717) is 21.2 Å². The molecule has 7 heteroatoms. The third-order valence-electron chi connectivity index (χ3n) is 5.24. The Kier molecular flexibility index (Phi) is 5.17. The molecule has 6 nitrogen and oxygen atoms in total. The van der Waals surface area contributed by atoms with Gasteiger partial charge in [-0.15, -0.1) is 0 Å². The monoisotopic (exact) mass is 441 g/mol. The number of fused-ring (bicyclic) bond motifs is 3. The number of nitrogens with zero attached hydrogens (tertiary/aromatic N) is 2. The topological polar surface area (TPSA) is 76.7 Å². The van der Waals surface area contributed by atoms with Crippen LogP contribution in [0.3, 0.4) is 0 Å². The molecule has 158 valence electrons. The van der Waals surface area contributed by atoms with Crippen molar-refractivity contribution in [3.63, 3.8) is 0 Å². The Balaban J connectivity index is 1.45. The van der Waals surface area contributed by atoms with Crippen LogP contribution >= 0.6 is 11.3 Å². The summed E-state index contributed by atoms with van der Waals surface area (Å²) in [6.45, 7) is 1.91.